The van der Waals surface area contributed by atoms with Gasteiger partial charge in [0.1, 0.15) is 11.6 Å². The predicted molar refractivity (Wildman–Crippen MR) is 120 cm³/mol. The minimum absolute atomic E-state index is 0.0478. The first-order chi connectivity index (χ1) is 16.6. The zero-order chi connectivity index (χ0) is 24.6. The number of alkyl halides is 3. The second-order valence-electron chi connectivity index (χ2n) is 9.96. The van der Waals surface area contributed by atoms with Crippen molar-refractivity contribution in [1.82, 2.24) is 24.9 Å². The standard InChI is InChI=1S/C24H25F3N6O2/c1-13-14(2)30-20-18(29-13)19(22-10-23(11-22,12-22)24(25,26)27)31-21(32-20)33-6-7-35-16(9-33)15-4-5-28-17(8-15)34-3/h4-5,8,16H,6-7,9-12H2,1-3H3/t16-,22?,23?/m0/s1. The lowest BCUT2D eigenvalue weighted by molar-refractivity contribution is -0.337. The van der Waals surface area contributed by atoms with Crippen LogP contribution in [0.25, 0.3) is 11.2 Å². The molecule has 0 unspecified atom stereocenters. The number of methoxy groups -OCH3 is 1. The molecule has 3 aliphatic carbocycles. The van der Waals surface area contributed by atoms with Crippen LogP contribution < -0.4 is 9.64 Å². The normalized spacial score (nSPS) is 27.9. The maximum absolute atomic E-state index is 13.6. The van der Waals surface area contributed by atoms with E-state index in [0.717, 1.165) is 17.0 Å². The maximum Gasteiger partial charge on any atom is 0.394 e. The summed E-state index contributed by atoms with van der Waals surface area (Å²) < 4.78 is 51.9. The number of halogens is 3. The number of hydrogen-bond acceptors (Lipinski definition) is 8. The van der Waals surface area contributed by atoms with Crippen molar-refractivity contribution in [2.24, 2.45) is 5.41 Å². The quantitative estimate of drug-likeness (QED) is 0.547. The summed E-state index contributed by atoms with van der Waals surface area (Å²) in [5.74, 6) is 0.945. The molecule has 1 atom stereocenters. The summed E-state index contributed by atoms with van der Waals surface area (Å²) in [7, 11) is 1.56. The molecule has 1 aliphatic heterocycles. The second-order valence-corrected chi connectivity index (χ2v) is 9.96. The Balaban J connectivity index is 1.37. The van der Waals surface area contributed by atoms with E-state index < -0.39 is 17.0 Å². The fourth-order valence-corrected chi connectivity index (χ4v) is 5.72. The van der Waals surface area contributed by atoms with Crippen molar-refractivity contribution in [3.8, 4) is 5.88 Å². The van der Waals surface area contributed by atoms with Crippen LogP contribution >= 0.6 is 0 Å². The molecule has 35 heavy (non-hydrogen) atoms. The molecular formula is C24H25F3N6O2. The molecule has 4 aliphatic rings. The lowest BCUT2D eigenvalue weighted by Gasteiger charge is -2.70. The van der Waals surface area contributed by atoms with Gasteiger partial charge in [-0.3, -0.25) is 0 Å². The Morgan fingerprint density at radius 3 is 2.54 bits per heavy atom. The first-order valence-corrected chi connectivity index (χ1v) is 11.6. The highest BCUT2D eigenvalue weighted by Crippen LogP contribution is 2.78. The minimum atomic E-state index is -4.19. The van der Waals surface area contributed by atoms with E-state index in [4.69, 9.17) is 19.4 Å². The molecule has 4 fully saturated rings. The minimum Gasteiger partial charge on any atom is -0.481 e. The Kier molecular flexibility index (Phi) is 4.77. The van der Waals surface area contributed by atoms with E-state index >= 15 is 0 Å². The Labute approximate surface area is 199 Å². The zero-order valence-corrected chi connectivity index (χ0v) is 19.7. The molecule has 0 radical (unpaired) electrons. The van der Waals surface area contributed by atoms with Crippen molar-refractivity contribution in [2.45, 2.75) is 50.8 Å². The van der Waals surface area contributed by atoms with E-state index in [9.17, 15) is 13.2 Å². The molecule has 4 heterocycles. The van der Waals surface area contributed by atoms with Gasteiger partial charge in [-0.1, -0.05) is 0 Å². The van der Waals surface area contributed by atoms with Crippen LogP contribution in [0.1, 0.15) is 48.0 Å². The summed E-state index contributed by atoms with van der Waals surface area (Å²) >= 11 is 0. The van der Waals surface area contributed by atoms with Gasteiger partial charge in [0.25, 0.3) is 0 Å². The van der Waals surface area contributed by atoms with Gasteiger partial charge in [0.2, 0.25) is 11.8 Å². The number of fused-ring (bicyclic) bond motifs is 1. The molecule has 0 aromatic carbocycles. The zero-order valence-electron chi connectivity index (χ0n) is 19.7. The summed E-state index contributed by atoms with van der Waals surface area (Å²) in [5.41, 5.74) is 1.71. The fraction of sp³-hybridized carbons (Fsp3) is 0.542. The maximum atomic E-state index is 13.6. The Hall–Kier alpha value is -3.08. The van der Waals surface area contributed by atoms with Crippen LogP contribution in [-0.4, -0.2) is 57.9 Å². The number of anilines is 1. The van der Waals surface area contributed by atoms with Crippen molar-refractivity contribution in [3.63, 3.8) is 0 Å². The van der Waals surface area contributed by atoms with Gasteiger partial charge in [-0.05, 0) is 44.7 Å². The third kappa shape index (κ3) is 3.35. The number of pyridine rings is 1. The van der Waals surface area contributed by atoms with Crippen molar-refractivity contribution >= 4 is 17.1 Å². The number of morpholine rings is 1. The molecule has 11 heteroatoms. The van der Waals surface area contributed by atoms with E-state index in [1.165, 1.54) is 0 Å². The number of rotatable bonds is 4. The van der Waals surface area contributed by atoms with Crippen LogP contribution in [0.15, 0.2) is 18.3 Å². The molecular weight excluding hydrogens is 461 g/mol. The number of nitrogens with zero attached hydrogens (tertiary/aromatic N) is 6. The van der Waals surface area contributed by atoms with Gasteiger partial charge in [0.15, 0.2) is 5.65 Å². The molecule has 1 saturated heterocycles. The highest BCUT2D eigenvalue weighted by Gasteiger charge is 2.79. The van der Waals surface area contributed by atoms with Crippen LogP contribution in [0.4, 0.5) is 19.1 Å². The Bertz CT molecular complexity index is 1310. The van der Waals surface area contributed by atoms with Crippen molar-refractivity contribution in [3.05, 3.63) is 41.0 Å². The van der Waals surface area contributed by atoms with Gasteiger partial charge in [-0.15, -0.1) is 0 Å². The summed E-state index contributed by atoms with van der Waals surface area (Å²) in [4.78, 5) is 25.0. The first kappa shape index (κ1) is 22.4. The van der Waals surface area contributed by atoms with Gasteiger partial charge in [-0.25, -0.2) is 19.9 Å². The van der Waals surface area contributed by atoms with Crippen LogP contribution in [0.5, 0.6) is 5.88 Å². The SMILES string of the molecule is COc1cc([C@@H]2CN(c3nc(C45CC(C(F)(F)F)(C4)C5)c4nc(C)c(C)nc4n3)CCO2)ccn1. The topological polar surface area (TPSA) is 86.2 Å². The number of aryl methyl sites for hydroxylation is 2. The molecule has 0 amide bonds. The summed E-state index contributed by atoms with van der Waals surface area (Å²) in [6.45, 7) is 5.18. The van der Waals surface area contributed by atoms with E-state index in [-0.39, 0.29) is 25.4 Å². The Morgan fingerprint density at radius 1 is 1.09 bits per heavy atom. The van der Waals surface area contributed by atoms with Crippen LogP contribution in [0, 0.1) is 19.3 Å². The molecule has 3 saturated carbocycles. The average molecular weight is 486 g/mol. The molecule has 3 aromatic heterocycles. The molecule has 0 N–H and O–H groups in total. The summed E-state index contributed by atoms with van der Waals surface area (Å²) in [6.07, 6.45) is -2.63. The third-order valence-electron chi connectivity index (χ3n) is 7.75. The van der Waals surface area contributed by atoms with Gasteiger partial charge < -0.3 is 14.4 Å². The fourth-order valence-electron chi connectivity index (χ4n) is 5.72. The van der Waals surface area contributed by atoms with Gasteiger partial charge in [0, 0.05) is 24.2 Å². The molecule has 184 valence electrons. The smallest absolute Gasteiger partial charge is 0.394 e. The molecule has 7 rings (SSSR count). The lowest BCUT2D eigenvalue weighted by atomic mass is 9.34. The van der Waals surface area contributed by atoms with Crippen molar-refractivity contribution in [2.75, 3.05) is 31.7 Å². The largest absolute Gasteiger partial charge is 0.481 e. The highest BCUT2D eigenvalue weighted by atomic mass is 19.4. The number of ether oxygens (including phenoxy) is 2. The van der Waals surface area contributed by atoms with Gasteiger partial charge in [0.05, 0.1) is 42.8 Å². The van der Waals surface area contributed by atoms with Crippen molar-refractivity contribution in [1.29, 1.82) is 0 Å². The highest BCUT2D eigenvalue weighted by molar-refractivity contribution is 5.77. The van der Waals surface area contributed by atoms with Crippen LogP contribution in [0.3, 0.4) is 0 Å². The first-order valence-electron chi connectivity index (χ1n) is 11.6. The van der Waals surface area contributed by atoms with E-state index in [1.54, 1.807) is 13.3 Å². The Morgan fingerprint density at radius 2 is 1.83 bits per heavy atom. The second kappa shape index (κ2) is 7.46. The number of hydrogen-bond donors (Lipinski definition) is 0. The van der Waals surface area contributed by atoms with E-state index in [2.05, 4.69) is 15.0 Å². The molecule has 2 bridgehead atoms. The molecule has 8 nitrogen and oxygen atoms in total. The molecule has 3 aromatic rings. The molecule has 0 spiro atoms. The van der Waals surface area contributed by atoms with E-state index in [1.807, 2.05) is 30.9 Å². The monoisotopic (exact) mass is 486 g/mol. The van der Waals surface area contributed by atoms with Gasteiger partial charge in [-0.2, -0.15) is 18.2 Å². The average Bonchev–Trinajstić information content (AvgIpc) is 2.77. The van der Waals surface area contributed by atoms with Crippen LogP contribution in [-0.2, 0) is 10.2 Å². The number of aromatic nitrogens is 5. The van der Waals surface area contributed by atoms with E-state index in [0.29, 0.717) is 48.4 Å². The van der Waals surface area contributed by atoms with Crippen molar-refractivity contribution < 1.29 is 22.6 Å². The summed E-state index contributed by atoms with van der Waals surface area (Å²) in [6, 6.07) is 3.70. The lowest BCUT2D eigenvalue weighted by Crippen LogP contribution is -2.70. The predicted octanol–water partition coefficient (Wildman–Crippen LogP) is 4.00. The van der Waals surface area contributed by atoms with Crippen LogP contribution in [0.2, 0.25) is 0 Å². The van der Waals surface area contributed by atoms with Gasteiger partial charge >= 0.3 is 6.18 Å². The third-order valence-corrected chi connectivity index (χ3v) is 7.75. The summed E-state index contributed by atoms with van der Waals surface area (Å²) in [5, 5.41) is 0.